The summed E-state index contributed by atoms with van der Waals surface area (Å²) < 4.78 is 16.3. The molecule has 0 bridgehead atoms. The molecule has 206 valence electrons. The monoisotopic (exact) mass is 536 g/mol. The normalized spacial score (nSPS) is 32.1. The number of phenolic OH excluding ortho intramolecular Hbond substituents is 3. The molecule has 0 spiro atoms. The van der Waals surface area contributed by atoms with E-state index in [0.29, 0.717) is 0 Å². The van der Waals surface area contributed by atoms with Crippen LogP contribution in [-0.2, 0) is 4.74 Å². The van der Waals surface area contributed by atoms with Crippen molar-refractivity contribution in [3.05, 3.63) is 34.0 Å². The third-order valence-corrected chi connectivity index (χ3v) is 7.37. The molecule has 1 aromatic heterocycles. The molecule has 8 unspecified atom stereocenters. The highest BCUT2D eigenvalue weighted by Crippen LogP contribution is 2.47. The fraction of sp³-hybridized carbons (Fsp3) is 0.480. The van der Waals surface area contributed by atoms with E-state index >= 15 is 0 Å². The molecule has 2 fully saturated rings. The first kappa shape index (κ1) is 26.4. The molecule has 2 aromatic carbocycles. The van der Waals surface area contributed by atoms with Crippen LogP contribution in [0.4, 0.5) is 0 Å². The number of phenols is 3. The highest BCUT2D eigenvalue weighted by Gasteiger charge is 2.40. The van der Waals surface area contributed by atoms with Crippen LogP contribution in [0.15, 0.2) is 27.4 Å². The van der Waals surface area contributed by atoms with E-state index in [1.807, 2.05) is 0 Å². The Morgan fingerprint density at radius 2 is 1.58 bits per heavy atom. The van der Waals surface area contributed by atoms with Crippen LogP contribution in [0.2, 0.25) is 0 Å². The maximum Gasteiger partial charge on any atom is 0.229 e. The molecule has 38 heavy (non-hydrogen) atoms. The highest BCUT2D eigenvalue weighted by atomic mass is 16.7. The minimum Gasteiger partial charge on any atom is -0.507 e. The number of hydrogen-bond donors (Lipinski definition) is 9. The number of benzene rings is 2. The summed E-state index contributed by atoms with van der Waals surface area (Å²) in [5, 5.41) is 91.3. The lowest BCUT2D eigenvalue weighted by molar-refractivity contribution is -0.242. The second-order valence-corrected chi connectivity index (χ2v) is 9.82. The minimum atomic E-state index is -1.66. The van der Waals surface area contributed by atoms with Crippen molar-refractivity contribution >= 4 is 21.9 Å². The Bertz CT molecular complexity index is 1420. The van der Waals surface area contributed by atoms with Crippen LogP contribution < -0.4 is 10.2 Å². The van der Waals surface area contributed by atoms with Crippen molar-refractivity contribution in [2.75, 3.05) is 13.2 Å². The molecule has 0 radical (unpaired) electrons. The maximum atomic E-state index is 13.5. The average molecular weight is 536 g/mol. The zero-order valence-corrected chi connectivity index (χ0v) is 19.8. The number of hydrogen-bond acceptors (Lipinski definition) is 13. The number of rotatable bonds is 4. The number of fused-ring (bicyclic) bond motifs is 2. The SMILES string of the molecule is O=c1c2cc(OC3OCC(O)C(O)C3O)c(O)cc2oc2cc(O)c(C3CC(O)C(O)C(CO)C3)c(O)c12. The van der Waals surface area contributed by atoms with Crippen molar-refractivity contribution in [2.24, 2.45) is 5.92 Å². The zero-order valence-electron chi connectivity index (χ0n) is 19.8. The average Bonchev–Trinajstić information content (AvgIpc) is 2.86. The maximum absolute atomic E-state index is 13.5. The van der Waals surface area contributed by atoms with Gasteiger partial charge >= 0.3 is 0 Å². The van der Waals surface area contributed by atoms with Crippen LogP contribution in [0, 0.1) is 5.92 Å². The summed E-state index contributed by atoms with van der Waals surface area (Å²) >= 11 is 0. The second-order valence-electron chi connectivity index (χ2n) is 9.82. The molecule has 13 nitrogen and oxygen atoms in total. The first-order valence-corrected chi connectivity index (χ1v) is 12.0. The van der Waals surface area contributed by atoms with Gasteiger partial charge in [-0.1, -0.05) is 0 Å². The van der Waals surface area contributed by atoms with Crippen LogP contribution in [0.1, 0.15) is 24.3 Å². The van der Waals surface area contributed by atoms with Crippen molar-refractivity contribution in [3.8, 4) is 23.0 Å². The number of ether oxygens (including phenoxy) is 2. The fourth-order valence-corrected chi connectivity index (χ4v) is 5.28. The van der Waals surface area contributed by atoms with Crippen LogP contribution >= 0.6 is 0 Å². The smallest absolute Gasteiger partial charge is 0.229 e. The lowest BCUT2D eigenvalue weighted by atomic mass is 9.74. The Kier molecular flexibility index (Phi) is 6.86. The number of aliphatic hydroxyl groups is 6. The van der Waals surface area contributed by atoms with Gasteiger partial charge in [0.25, 0.3) is 0 Å². The van der Waals surface area contributed by atoms with Gasteiger partial charge in [0.15, 0.2) is 11.5 Å². The number of aromatic hydroxyl groups is 3. The van der Waals surface area contributed by atoms with Crippen molar-refractivity contribution in [1.82, 2.24) is 0 Å². The molecule has 5 rings (SSSR count). The van der Waals surface area contributed by atoms with Crippen LogP contribution in [0.5, 0.6) is 23.0 Å². The predicted octanol–water partition coefficient (Wildman–Crippen LogP) is -0.912. The van der Waals surface area contributed by atoms with Gasteiger partial charge in [-0.3, -0.25) is 4.79 Å². The van der Waals surface area contributed by atoms with E-state index < -0.39 is 77.9 Å². The standard InChI is InChI=1S/C25H28O13/c26-6-9-1-8(2-13(29)20(9)31)18-12(28)5-17-19(23(18)34)21(32)10-3-16(11(27)4-15(10)37-17)38-25-24(35)22(33)14(30)7-36-25/h3-5,8-9,13-14,20,22,24-31,33-35H,1-2,6-7H2. The lowest BCUT2D eigenvalue weighted by Crippen LogP contribution is -2.54. The van der Waals surface area contributed by atoms with Gasteiger partial charge in [-0.25, -0.2) is 0 Å². The van der Waals surface area contributed by atoms with E-state index in [0.717, 1.165) is 18.2 Å². The molecule has 1 aliphatic heterocycles. The van der Waals surface area contributed by atoms with E-state index in [-0.39, 0.29) is 52.7 Å². The van der Waals surface area contributed by atoms with Gasteiger partial charge < -0.3 is 59.8 Å². The molecule has 2 aliphatic rings. The lowest BCUT2D eigenvalue weighted by Gasteiger charge is -2.36. The largest absolute Gasteiger partial charge is 0.507 e. The van der Waals surface area contributed by atoms with E-state index in [1.165, 1.54) is 0 Å². The summed E-state index contributed by atoms with van der Waals surface area (Å²) in [7, 11) is 0. The summed E-state index contributed by atoms with van der Waals surface area (Å²) in [6.07, 6.45) is -8.39. The van der Waals surface area contributed by atoms with E-state index in [2.05, 4.69) is 0 Å². The molecule has 8 atom stereocenters. The van der Waals surface area contributed by atoms with Gasteiger partial charge in [0.1, 0.15) is 46.4 Å². The summed E-state index contributed by atoms with van der Waals surface area (Å²) in [6, 6.07) is 3.27. The first-order valence-electron chi connectivity index (χ1n) is 12.0. The fourth-order valence-electron chi connectivity index (χ4n) is 5.28. The zero-order chi connectivity index (χ0) is 27.5. The Morgan fingerprint density at radius 3 is 2.29 bits per heavy atom. The predicted molar refractivity (Wildman–Crippen MR) is 128 cm³/mol. The molecule has 1 saturated carbocycles. The quantitative estimate of drug-likeness (QED) is 0.184. The first-order chi connectivity index (χ1) is 18.0. The van der Waals surface area contributed by atoms with Crippen LogP contribution in [0.25, 0.3) is 21.9 Å². The van der Waals surface area contributed by atoms with Gasteiger partial charge in [-0.05, 0) is 24.8 Å². The Hall–Kier alpha value is -3.17. The van der Waals surface area contributed by atoms with Crippen molar-refractivity contribution in [2.45, 2.75) is 55.6 Å². The summed E-state index contributed by atoms with van der Waals surface area (Å²) in [5.74, 6) is -3.26. The molecule has 9 N–H and O–H groups in total. The summed E-state index contributed by atoms with van der Waals surface area (Å²) in [6.45, 7) is -0.785. The molecular weight excluding hydrogens is 508 g/mol. The van der Waals surface area contributed by atoms with Gasteiger partial charge in [-0.15, -0.1) is 0 Å². The molecule has 0 amide bonds. The van der Waals surface area contributed by atoms with E-state index in [4.69, 9.17) is 13.9 Å². The topological polar surface area (TPSA) is 231 Å². The third kappa shape index (κ3) is 4.31. The van der Waals surface area contributed by atoms with E-state index in [9.17, 15) is 50.8 Å². The van der Waals surface area contributed by atoms with Crippen molar-refractivity contribution in [1.29, 1.82) is 0 Å². The molecule has 2 heterocycles. The minimum absolute atomic E-state index is 0.0423. The summed E-state index contributed by atoms with van der Waals surface area (Å²) in [4.78, 5) is 13.5. The van der Waals surface area contributed by atoms with Gasteiger partial charge in [-0.2, -0.15) is 0 Å². The molecule has 3 aromatic rings. The molecule has 1 aliphatic carbocycles. The molecule has 1 saturated heterocycles. The second kappa shape index (κ2) is 9.85. The van der Waals surface area contributed by atoms with Crippen molar-refractivity contribution in [3.63, 3.8) is 0 Å². The Balaban J connectivity index is 1.59. The highest BCUT2D eigenvalue weighted by molar-refractivity contribution is 5.96. The van der Waals surface area contributed by atoms with Gasteiger partial charge in [0.2, 0.25) is 11.7 Å². The third-order valence-electron chi connectivity index (χ3n) is 7.37. The van der Waals surface area contributed by atoms with Crippen molar-refractivity contribution < 1.29 is 59.8 Å². The van der Waals surface area contributed by atoms with Gasteiger partial charge in [0.05, 0.1) is 24.2 Å². The number of aliphatic hydroxyl groups excluding tert-OH is 6. The summed E-state index contributed by atoms with van der Waals surface area (Å²) in [5.41, 5.74) is -1.10. The molecular formula is C25H28O13. The Morgan fingerprint density at radius 1 is 0.868 bits per heavy atom. The van der Waals surface area contributed by atoms with Crippen LogP contribution in [0.3, 0.4) is 0 Å². The van der Waals surface area contributed by atoms with Crippen LogP contribution in [-0.4, -0.2) is 96.0 Å². The van der Waals surface area contributed by atoms with Gasteiger partial charge in [0, 0.05) is 30.2 Å². The van der Waals surface area contributed by atoms with E-state index in [1.54, 1.807) is 0 Å². The molecule has 13 heteroatoms. The Labute approximate surface area is 214 Å².